The number of hydrogen-bond acceptors (Lipinski definition) is 4. The highest BCUT2D eigenvalue weighted by molar-refractivity contribution is 5.93. The average Bonchev–Trinajstić information content (AvgIpc) is 3.36. The Bertz CT molecular complexity index is 922. The van der Waals surface area contributed by atoms with Gasteiger partial charge in [0.2, 0.25) is 0 Å². The van der Waals surface area contributed by atoms with Crippen molar-refractivity contribution in [2.45, 2.75) is 51.0 Å². The second-order valence-electron chi connectivity index (χ2n) is 8.30. The van der Waals surface area contributed by atoms with E-state index in [-0.39, 0.29) is 0 Å². The maximum absolute atomic E-state index is 5.32. The summed E-state index contributed by atoms with van der Waals surface area (Å²) in [5.41, 5.74) is 4.65. The van der Waals surface area contributed by atoms with E-state index in [1.54, 1.807) is 7.11 Å². The van der Waals surface area contributed by atoms with Crippen LogP contribution in [0.4, 0.5) is 0 Å². The number of methoxy groups -OCH3 is 1. The molecule has 1 aliphatic rings. The van der Waals surface area contributed by atoms with Gasteiger partial charge in [-0.1, -0.05) is 6.92 Å². The third-order valence-corrected chi connectivity index (χ3v) is 6.35. The summed E-state index contributed by atoms with van der Waals surface area (Å²) in [4.78, 5) is 10.7. The molecule has 1 aliphatic carbocycles. The van der Waals surface area contributed by atoms with Crippen molar-refractivity contribution in [2.75, 3.05) is 26.8 Å². The molecular weight excluding hydrogens is 362 g/mol. The summed E-state index contributed by atoms with van der Waals surface area (Å²) in [6.45, 7) is 5.31. The molecule has 1 fully saturated rings. The van der Waals surface area contributed by atoms with E-state index in [2.05, 4.69) is 40.4 Å². The summed E-state index contributed by atoms with van der Waals surface area (Å²) in [5.74, 6) is 0.603. The SMILES string of the molecule is CCCN(CCOC)[C@H]1CC[C@@H](c2cnc3[nH]cc(-c4cnn(C)c4)c3c2)CC1. The zero-order valence-corrected chi connectivity index (χ0v) is 17.9. The Morgan fingerprint density at radius 3 is 2.72 bits per heavy atom. The molecule has 0 radical (unpaired) electrons. The molecule has 0 bridgehead atoms. The number of nitrogens with one attached hydrogen (secondary N) is 1. The molecule has 3 heterocycles. The highest BCUT2D eigenvalue weighted by Crippen LogP contribution is 2.37. The lowest BCUT2D eigenvalue weighted by atomic mass is 9.81. The van der Waals surface area contributed by atoms with Gasteiger partial charge in [-0.05, 0) is 56.2 Å². The molecule has 156 valence electrons. The minimum absolute atomic E-state index is 0.603. The van der Waals surface area contributed by atoms with Crippen LogP contribution in [0.25, 0.3) is 22.2 Å². The first-order chi connectivity index (χ1) is 14.2. The molecule has 6 nitrogen and oxygen atoms in total. The topological polar surface area (TPSA) is 59.0 Å². The Hall–Kier alpha value is -2.18. The van der Waals surface area contributed by atoms with E-state index >= 15 is 0 Å². The minimum Gasteiger partial charge on any atom is -0.383 e. The summed E-state index contributed by atoms with van der Waals surface area (Å²) in [6, 6.07) is 3.04. The van der Waals surface area contributed by atoms with Crippen LogP contribution in [0.5, 0.6) is 0 Å². The lowest BCUT2D eigenvalue weighted by Crippen LogP contribution is -2.40. The first kappa shape index (κ1) is 20.1. The van der Waals surface area contributed by atoms with Gasteiger partial charge in [-0.25, -0.2) is 4.98 Å². The van der Waals surface area contributed by atoms with E-state index in [1.165, 1.54) is 55.2 Å². The smallest absolute Gasteiger partial charge is 0.137 e. The predicted molar refractivity (Wildman–Crippen MR) is 117 cm³/mol. The van der Waals surface area contributed by atoms with Crippen LogP contribution < -0.4 is 0 Å². The van der Waals surface area contributed by atoms with Crippen LogP contribution in [0.3, 0.4) is 0 Å². The third-order valence-electron chi connectivity index (χ3n) is 6.35. The van der Waals surface area contributed by atoms with Gasteiger partial charge in [0.05, 0.1) is 12.8 Å². The van der Waals surface area contributed by atoms with Crippen molar-refractivity contribution in [1.29, 1.82) is 0 Å². The van der Waals surface area contributed by atoms with Crippen LogP contribution in [-0.2, 0) is 11.8 Å². The maximum atomic E-state index is 5.32. The molecule has 0 aliphatic heterocycles. The van der Waals surface area contributed by atoms with Gasteiger partial charge in [-0.3, -0.25) is 9.58 Å². The number of pyridine rings is 1. The Kier molecular flexibility index (Phi) is 6.31. The average molecular weight is 396 g/mol. The number of ether oxygens (including phenoxy) is 1. The zero-order chi connectivity index (χ0) is 20.2. The van der Waals surface area contributed by atoms with Crippen LogP contribution in [0.2, 0.25) is 0 Å². The van der Waals surface area contributed by atoms with Crippen LogP contribution in [0.15, 0.2) is 30.9 Å². The second-order valence-corrected chi connectivity index (χ2v) is 8.30. The van der Waals surface area contributed by atoms with E-state index in [9.17, 15) is 0 Å². The summed E-state index contributed by atoms with van der Waals surface area (Å²) in [7, 11) is 3.75. The lowest BCUT2D eigenvalue weighted by molar-refractivity contribution is 0.0990. The molecule has 4 rings (SSSR count). The maximum Gasteiger partial charge on any atom is 0.137 e. The third kappa shape index (κ3) is 4.38. The first-order valence-corrected chi connectivity index (χ1v) is 10.9. The number of rotatable bonds is 8. The standard InChI is InChI=1S/C23H33N5O/c1-4-9-28(10-11-29-3)20-7-5-17(6-8-20)18-12-21-22(15-25-23(21)24-13-18)19-14-26-27(2)16-19/h12-17,20H,4-11H2,1-3H3,(H,24,25)/t17-,20+. The highest BCUT2D eigenvalue weighted by atomic mass is 16.5. The van der Waals surface area contributed by atoms with Crippen molar-refractivity contribution in [3.8, 4) is 11.1 Å². The number of fused-ring (bicyclic) bond motifs is 1. The Labute approximate surface area is 173 Å². The minimum atomic E-state index is 0.603. The molecule has 3 aromatic heterocycles. The number of H-pyrrole nitrogens is 1. The van der Waals surface area contributed by atoms with Gasteiger partial charge in [0.15, 0.2) is 0 Å². The summed E-state index contributed by atoms with van der Waals surface area (Å²) < 4.78 is 7.17. The van der Waals surface area contributed by atoms with Crippen molar-refractivity contribution in [2.24, 2.45) is 7.05 Å². The quantitative estimate of drug-likeness (QED) is 0.616. The largest absolute Gasteiger partial charge is 0.383 e. The molecule has 1 N–H and O–H groups in total. The number of hydrogen-bond donors (Lipinski definition) is 1. The van der Waals surface area contributed by atoms with E-state index in [1.807, 2.05) is 24.1 Å². The molecule has 0 spiro atoms. The van der Waals surface area contributed by atoms with Gasteiger partial charge >= 0.3 is 0 Å². The van der Waals surface area contributed by atoms with Gasteiger partial charge in [-0.15, -0.1) is 0 Å². The van der Waals surface area contributed by atoms with Crippen LogP contribution in [0.1, 0.15) is 50.5 Å². The molecule has 1 saturated carbocycles. The highest BCUT2D eigenvalue weighted by Gasteiger charge is 2.26. The van der Waals surface area contributed by atoms with Gasteiger partial charge < -0.3 is 9.72 Å². The van der Waals surface area contributed by atoms with Crippen LogP contribution >= 0.6 is 0 Å². The number of aromatic nitrogens is 4. The number of aryl methyl sites for hydroxylation is 1. The number of aromatic amines is 1. The van der Waals surface area contributed by atoms with Crippen LogP contribution in [-0.4, -0.2) is 57.5 Å². The zero-order valence-electron chi connectivity index (χ0n) is 17.9. The second kappa shape index (κ2) is 9.09. The monoisotopic (exact) mass is 395 g/mol. The molecule has 6 heteroatoms. The van der Waals surface area contributed by atoms with Gasteiger partial charge in [0, 0.05) is 61.8 Å². The molecule has 0 atom stereocenters. The van der Waals surface area contributed by atoms with Crippen molar-refractivity contribution < 1.29 is 4.74 Å². The fourth-order valence-corrected chi connectivity index (χ4v) is 4.79. The molecule has 0 unspecified atom stereocenters. The van der Waals surface area contributed by atoms with Crippen molar-refractivity contribution in [1.82, 2.24) is 24.6 Å². The molecule has 0 amide bonds. The van der Waals surface area contributed by atoms with E-state index in [0.29, 0.717) is 12.0 Å². The fourth-order valence-electron chi connectivity index (χ4n) is 4.79. The fraction of sp³-hybridized carbons (Fsp3) is 0.565. The van der Waals surface area contributed by atoms with E-state index in [0.717, 1.165) is 24.4 Å². The summed E-state index contributed by atoms with van der Waals surface area (Å²) in [5, 5.41) is 5.52. The Balaban J connectivity index is 1.48. The van der Waals surface area contributed by atoms with Crippen molar-refractivity contribution in [3.63, 3.8) is 0 Å². The molecular formula is C23H33N5O. The summed E-state index contributed by atoms with van der Waals surface area (Å²) in [6.07, 6.45) is 14.3. The van der Waals surface area contributed by atoms with E-state index in [4.69, 9.17) is 9.72 Å². The Morgan fingerprint density at radius 1 is 1.21 bits per heavy atom. The van der Waals surface area contributed by atoms with E-state index < -0.39 is 0 Å². The van der Waals surface area contributed by atoms with Crippen LogP contribution in [0, 0.1) is 0 Å². The summed E-state index contributed by atoms with van der Waals surface area (Å²) >= 11 is 0. The normalized spacial score (nSPS) is 20.0. The number of nitrogens with zero attached hydrogens (tertiary/aromatic N) is 4. The van der Waals surface area contributed by atoms with Gasteiger partial charge in [0.1, 0.15) is 5.65 Å². The van der Waals surface area contributed by atoms with Gasteiger partial charge in [0.25, 0.3) is 0 Å². The molecule has 0 saturated heterocycles. The Morgan fingerprint density at radius 2 is 2.03 bits per heavy atom. The molecule has 3 aromatic rings. The molecule has 0 aromatic carbocycles. The van der Waals surface area contributed by atoms with Gasteiger partial charge in [-0.2, -0.15) is 5.10 Å². The van der Waals surface area contributed by atoms with Crippen molar-refractivity contribution >= 4 is 11.0 Å². The van der Waals surface area contributed by atoms with Crippen molar-refractivity contribution in [3.05, 3.63) is 36.4 Å². The first-order valence-electron chi connectivity index (χ1n) is 10.9. The lowest BCUT2D eigenvalue weighted by Gasteiger charge is -2.37. The molecule has 29 heavy (non-hydrogen) atoms. The predicted octanol–water partition coefficient (Wildman–Crippen LogP) is 4.35.